The summed E-state index contributed by atoms with van der Waals surface area (Å²) in [7, 11) is 0. The number of piperidine rings is 1. The molecule has 0 radical (unpaired) electrons. The van der Waals surface area contributed by atoms with Crippen LogP contribution in [0.5, 0.6) is 0 Å². The highest BCUT2D eigenvalue weighted by molar-refractivity contribution is 9.10. The molecule has 0 amide bonds. The van der Waals surface area contributed by atoms with Crippen molar-refractivity contribution in [2.24, 2.45) is 0 Å². The van der Waals surface area contributed by atoms with Crippen LogP contribution in [-0.4, -0.2) is 31.8 Å². The molecule has 2 aliphatic rings. The molecule has 0 N–H and O–H groups in total. The van der Waals surface area contributed by atoms with Gasteiger partial charge in [0.15, 0.2) is 0 Å². The van der Waals surface area contributed by atoms with Gasteiger partial charge in [-0.05, 0) is 47.7 Å². The van der Waals surface area contributed by atoms with Crippen LogP contribution in [0.25, 0.3) is 0 Å². The molecule has 2 unspecified atom stereocenters. The largest absolute Gasteiger partial charge is 0.335 e. The SMILES string of the molecule is Brc1cnn(C2CC3CCC(C2)N3c2ncccn2)c1. The first-order chi connectivity index (χ1) is 9.81. The van der Waals surface area contributed by atoms with E-state index in [2.05, 4.69) is 46.8 Å². The van der Waals surface area contributed by atoms with Gasteiger partial charge in [-0.25, -0.2) is 9.97 Å². The van der Waals surface area contributed by atoms with E-state index in [0.29, 0.717) is 18.1 Å². The quantitative estimate of drug-likeness (QED) is 0.847. The summed E-state index contributed by atoms with van der Waals surface area (Å²) >= 11 is 3.48. The summed E-state index contributed by atoms with van der Waals surface area (Å²) in [5.41, 5.74) is 0. The number of anilines is 1. The van der Waals surface area contributed by atoms with E-state index < -0.39 is 0 Å². The van der Waals surface area contributed by atoms with Gasteiger partial charge in [-0.2, -0.15) is 5.10 Å². The Morgan fingerprint density at radius 1 is 1.05 bits per heavy atom. The Balaban J connectivity index is 1.58. The van der Waals surface area contributed by atoms with Crippen LogP contribution in [0, 0.1) is 0 Å². The average Bonchev–Trinajstić information content (AvgIpc) is 3.01. The van der Waals surface area contributed by atoms with Gasteiger partial charge in [0.2, 0.25) is 5.95 Å². The highest BCUT2D eigenvalue weighted by atomic mass is 79.9. The molecular weight excluding hydrogens is 318 g/mol. The number of hydrogen-bond donors (Lipinski definition) is 0. The molecule has 4 heterocycles. The number of aromatic nitrogens is 4. The van der Waals surface area contributed by atoms with Crippen LogP contribution >= 0.6 is 15.9 Å². The van der Waals surface area contributed by atoms with Gasteiger partial charge in [0.1, 0.15) is 0 Å². The van der Waals surface area contributed by atoms with E-state index in [-0.39, 0.29) is 0 Å². The van der Waals surface area contributed by atoms with E-state index in [4.69, 9.17) is 0 Å². The van der Waals surface area contributed by atoms with Crippen molar-refractivity contribution in [1.29, 1.82) is 0 Å². The van der Waals surface area contributed by atoms with Crippen LogP contribution in [-0.2, 0) is 0 Å². The van der Waals surface area contributed by atoms with Gasteiger partial charge in [0, 0.05) is 30.7 Å². The number of halogens is 1. The van der Waals surface area contributed by atoms with Crippen LogP contribution in [0.2, 0.25) is 0 Å². The van der Waals surface area contributed by atoms with E-state index in [1.54, 1.807) is 0 Å². The third-order valence-electron chi connectivity index (χ3n) is 4.44. The van der Waals surface area contributed by atoms with Crippen molar-refractivity contribution in [2.75, 3.05) is 4.90 Å². The van der Waals surface area contributed by atoms with Crippen molar-refractivity contribution in [3.05, 3.63) is 35.3 Å². The molecule has 2 bridgehead atoms. The van der Waals surface area contributed by atoms with Gasteiger partial charge in [-0.15, -0.1) is 0 Å². The second-order valence-electron chi connectivity index (χ2n) is 5.60. The van der Waals surface area contributed by atoms with Crippen LogP contribution < -0.4 is 4.90 Å². The highest BCUT2D eigenvalue weighted by Gasteiger charge is 2.42. The molecule has 104 valence electrons. The molecule has 0 aliphatic carbocycles. The molecule has 2 fully saturated rings. The average molecular weight is 334 g/mol. The Labute approximate surface area is 126 Å². The maximum Gasteiger partial charge on any atom is 0.225 e. The predicted molar refractivity (Wildman–Crippen MR) is 79.5 cm³/mol. The van der Waals surface area contributed by atoms with Crippen LogP contribution in [0.4, 0.5) is 5.95 Å². The van der Waals surface area contributed by atoms with Gasteiger partial charge < -0.3 is 4.90 Å². The lowest BCUT2D eigenvalue weighted by Crippen LogP contribution is -2.44. The molecule has 4 rings (SSSR count). The third kappa shape index (κ3) is 2.02. The third-order valence-corrected chi connectivity index (χ3v) is 4.84. The normalized spacial score (nSPS) is 28.9. The fraction of sp³-hybridized carbons (Fsp3) is 0.500. The van der Waals surface area contributed by atoms with Crippen molar-refractivity contribution < 1.29 is 0 Å². The Kier molecular flexibility index (Phi) is 2.98. The summed E-state index contributed by atoms with van der Waals surface area (Å²) < 4.78 is 3.16. The van der Waals surface area contributed by atoms with Crippen molar-refractivity contribution in [3.63, 3.8) is 0 Å². The van der Waals surface area contributed by atoms with E-state index >= 15 is 0 Å². The fourth-order valence-corrected chi connectivity index (χ4v) is 3.93. The maximum atomic E-state index is 4.45. The zero-order chi connectivity index (χ0) is 13.5. The summed E-state index contributed by atoms with van der Waals surface area (Å²) in [5.74, 6) is 0.889. The van der Waals surface area contributed by atoms with Crippen LogP contribution in [0.15, 0.2) is 35.3 Å². The number of rotatable bonds is 2. The number of hydrogen-bond acceptors (Lipinski definition) is 4. The van der Waals surface area contributed by atoms with Crippen molar-refractivity contribution >= 4 is 21.9 Å². The summed E-state index contributed by atoms with van der Waals surface area (Å²) in [5, 5.41) is 4.45. The Morgan fingerprint density at radius 3 is 2.35 bits per heavy atom. The van der Waals surface area contributed by atoms with Gasteiger partial charge in [-0.3, -0.25) is 4.68 Å². The van der Waals surface area contributed by atoms with E-state index in [0.717, 1.165) is 23.3 Å². The van der Waals surface area contributed by atoms with Crippen molar-refractivity contribution in [2.45, 2.75) is 43.8 Å². The van der Waals surface area contributed by atoms with Crippen molar-refractivity contribution in [1.82, 2.24) is 19.7 Å². The lowest BCUT2D eigenvalue weighted by molar-refractivity contribution is 0.312. The molecule has 2 aromatic rings. The summed E-state index contributed by atoms with van der Waals surface area (Å²) in [6.45, 7) is 0. The Hall–Kier alpha value is -1.43. The van der Waals surface area contributed by atoms with Crippen LogP contribution in [0.1, 0.15) is 31.7 Å². The summed E-state index contributed by atoms with van der Waals surface area (Å²) in [6, 6.07) is 3.46. The smallest absolute Gasteiger partial charge is 0.225 e. The zero-order valence-corrected chi connectivity index (χ0v) is 12.6. The Bertz CT molecular complexity index is 585. The van der Waals surface area contributed by atoms with Gasteiger partial charge in [0.25, 0.3) is 0 Å². The lowest BCUT2D eigenvalue weighted by atomic mass is 9.98. The van der Waals surface area contributed by atoms with E-state index in [9.17, 15) is 0 Å². The fourth-order valence-electron chi connectivity index (χ4n) is 3.63. The first kappa shape index (κ1) is 12.3. The number of fused-ring (bicyclic) bond motifs is 2. The Morgan fingerprint density at radius 2 is 1.75 bits per heavy atom. The van der Waals surface area contributed by atoms with Gasteiger partial charge >= 0.3 is 0 Å². The number of nitrogens with zero attached hydrogens (tertiary/aromatic N) is 5. The van der Waals surface area contributed by atoms with E-state index in [1.807, 2.05) is 24.7 Å². The minimum Gasteiger partial charge on any atom is -0.335 e. The first-order valence-electron chi connectivity index (χ1n) is 7.06. The maximum absolute atomic E-state index is 4.45. The molecule has 20 heavy (non-hydrogen) atoms. The van der Waals surface area contributed by atoms with Gasteiger partial charge in [0.05, 0.1) is 16.7 Å². The predicted octanol–water partition coefficient (Wildman–Crippen LogP) is 2.81. The minimum absolute atomic E-state index is 0.499. The van der Waals surface area contributed by atoms with Gasteiger partial charge in [-0.1, -0.05) is 0 Å². The molecular formula is C14H16BrN5. The van der Waals surface area contributed by atoms with E-state index in [1.165, 1.54) is 12.8 Å². The summed E-state index contributed by atoms with van der Waals surface area (Å²) in [4.78, 5) is 11.3. The molecule has 0 aromatic carbocycles. The zero-order valence-electron chi connectivity index (χ0n) is 11.1. The standard InChI is InChI=1S/C14H16BrN5/c15-10-8-18-19(9-10)13-6-11-2-3-12(7-13)20(11)14-16-4-1-5-17-14/h1,4-5,8-9,11-13H,2-3,6-7H2. The second kappa shape index (κ2) is 4.84. The molecule has 2 saturated heterocycles. The minimum atomic E-state index is 0.499. The molecule has 2 atom stereocenters. The molecule has 2 aromatic heterocycles. The van der Waals surface area contributed by atoms with Crippen LogP contribution in [0.3, 0.4) is 0 Å². The summed E-state index contributed by atoms with van der Waals surface area (Å²) in [6.07, 6.45) is 12.3. The first-order valence-corrected chi connectivity index (χ1v) is 7.85. The monoisotopic (exact) mass is 333 g/mol. The molecule has 5 nitrogen and oxygen atoms in total. The molecule has 0 saturated carbocycles. The molecule has 6 heteroatoms. The molecule has 0 spiro atoms. The second-order valence-corrected chi connectivity index (χ2v) is 6.52. The molecule has 2 aliphatic heterocycles. The highest BCUT2D eigenvalue weighted by Crippen LogP contribution is 2.42. The lowest BCUT2D eigenvalue weighted by Gasteiger charge is -2.38. The topological polar surface area (TPSA) is 46.8 Å². The van der Waals surface area contributed by atoms with Crippen molar-refractivity contribution in [3.8, 4) is 0 Å².